The van der Waals surface area contributed by atoms with Gasteiger partial charge in [-0.05, 0) is 18.6 Å². The number of carbonyl (C=O) groups excluding carboxylic acids is 2. The highest BCUT2D eigenvalue weighted by atomic mass is 16.2. The summed E-state index contributed by atoms with van der Waals surface area (Å²) in [6.07, 6.45) is 1.17. The zero-order valence-electron chi connectivity index (χ0n) is 12.7. The quantitative estimate of drug-likeness (QED) is 0.846. The van der Waals surface area contributed by atoms with E-state index >= 15 is 0 Å². The lowest BCUT2D eigenvalue weighted by atomic mass is 10.2. The van der Waals surface area contributed by atoms with Crippen molar-refractivity contribution in [3.8, 4) is 0 Å². The highest BCUT2D eigenvalue weighted by Crippen LogP contribution is 2.08. The van der Waals surface area contributed by atoms with Gasteiger partial charge in [0.25, 0.3) is 5.56 Å². The van der Waals surface area contributed by atoms with E-state index in [0.717, 1.165) is 6.42 Å². The van der Waals surface area contributed by atoms with E-state index in [0.29, 0.717) is 29.8 Å². The van der Waals surface area contributed by atoms with Gasteiger partial charge in [0.2, 0.25) is 11.8 Å². The minimum Gasteiger partial charge on any atom is -0.354 e. The number of nitrogens with one attached hydrogen (secondary N) is 2. The fourth-order valence-electron chi connectivity index (χ4n) is 2.64. The van der Waals surface area contributed by atoms with Crippen LogP contribution in [0.1, 0.15) is 18.5 Å². The molecule has 0 spiro atoms. The van der Waals surface area contributed by atoms with Gasteiger partial charge >= 0.3 is 0 Å². The topological polar surface area (TPSA) is 95.2 Å². The van der Waals surface area contributed by atoms with Gasteiger partial charge in [0, 0.05) is 25.9 Å². The second-order valence-corrected chi connectivity index (χ2v) is 5.55. The van der Waals surface area contributed by atoms with Crippen molar-refractivity contribution in [2.45, 2.75) is 19.3 Å². The number of aryl methyl sites for hydroxylation is 1. The number of aromatic amines is 1. The van der Waals surface area contributed by atoms with Crippen molar-refractivity contribution in [3.05, 3.63) is 40.3 Å². The number of carbonyl (C=O) groups is 2. The Morgan fingerprint density at radius 1 is 1.26 bits per heavy atom. The molecule has 0 radical (unpaired) electrons. The second-order valence-electron chi connectivity index (χ2n) is 5.55. The highest BCUT2D eigenvalue weighted by Gasteiger charge is 2.20. The fourth-order valence-corrected chi connectivity index (χ4v) is 2.64. The molecule has 2 aromatic rings. The zero-order valence-corrected chi connectivity index (χ0v) is 12.7. The number of nitrogens with zero attached hydrogens (tertiary/aromatic N) is 2. The molecule has 1 aromatic carbocycles. The number of fused-ring (bicyclic) bond motifs is 1. The molecule has 7 nitrogen and oxygen atoms in total. The first-order chi connectivity index (χ1) is 11.1. The molecule has 0 atom stereocenters. The maximum Gasteiger partial charge on any atom is 0.270 e. The van der Waals surface area contributed by atoms with E-state index < -0.39 is 0 Å². The molecule has 23 heavy (non-hydrogen) atoms. The Balaban J connectivity index is 1.70. The summed E-state index contributed by atoms with van der Waals surface area (Å²) >= 11 is 0. The number of aromatic nitrogens is 2. The molecule has 1 fully saturated rings. The lowest BCUT2D eigenvalue weighted by molar-refractivity contribution is -0.135. The van der Waals surface area contributed by atoms with Gasteiger partial charge in [-0.25, -0.2) is 4.98 Å². The molecular formula is C16H18N4O3. The SMILES string of the molecule is O=C1CN(C(=O)CCc2nc3ccccc3[nH]c2=O)CCCN1. The van der Waals surface area contributed by atoms with Crippen molar-refractivity contribution < 1.29 is 9.59 Å². The van der Waals surface area contributed by atoms with E-state index in [1.165, 1.54) is 4.90 Å². The van der Waals surface area contributed by atoms with Gasteiger partial charge < -0.3 is 15.2 Å². The molecule has 7 heteroatoms. The predicted octanol–water partition coefficient (Wildman–Crippen LogP) is 0.204. The van der Waals surface area contributed by atoms with Crippen LogP contribution in [0.25, 0.3) is 11.0 Å². The van der Waals surface area contributed by atoms with Crippen molar-refractivity contribution in [1.29, 1.82) is 0 Å². The molecule has 1 aliphatic rings. The van der Waals surface area contributed by atoms with Crippen LogP contribution in [0.15, 0.2) is 29.1 Å². The minimum atomic E-state index is -0.273. The molecule has 0 bridgehead atoms. The number of hydrogen-bond donors (Lipinski definition) is 2. The van der Waals surface area contributed by atoms with Gasteiger partial charge in [-0.3, -0.25) is 14.4 Å². The fraction of sp³-hybridized carbons (Fsp3) is 0.375. The number of rotatable bonds is 3. The van der Waals surface area contributed by atoms with Crippen molar-refractivity contribution in [1.82, 2.24) is 20.2 Å². The van der Waals surface area contributed by atoms with Crippen molar-refractivity contribution in [2.75, 3.05) is 19.6 Å². The van der Waals surface area contributed by atoms with E-state index in [-0.39, 0.29) is 36.8 Å². The summed E-state index contributed by atoms with van der Waals surface area (Å²) in [5.41, 5.74) is 1.45. The molecule has 1 aliphatic heterocycles. The lowest BCUT2D eigenvalue weighted by Crippen LogP contribution is -2.37. The molecule has 120 valence electrons. The van der Waals surface area contributed by atoms with Crippen molar-refractivity contribution >= 4 is 22.8 Å². The number of amides is 2. The first-order valence-electron chi connectivity index (χ1n) is 7.66. The molecule has 2 amide bonds. The van der Waals surface area contributed by atoms with E-state index in [9.17, 15) is 14.4 Å². The highest BCUT2D eigenvalue weighted by molar-refractivity contribution is 5.85. The Labute approximate surface area is 132 Å². The van der Waals surface area contributed by atoms with Crippen LogP contribution < -0.4 is 10.9 Å². The molecular weight excluding hydrogens is 296 g/mol. The van der Waals surface area contributed by atoms with Gasteiger partial charge in [0.1, 0.15) is 5.69 Å². The first kappa shape index (κ1) is 15.2. The average Bonchev–Trinajstić information content (AvgIpc) is 2.77. The van der Waals surface area contributed by atoms with E-state index in [1.54, 1.807) is 6.07 Å². The standard InChI is InChI=1S/C16H18N4O3/c21-14-10-20(9-3-8-17-14)15(22)7-6-13-16(23)19-12-5-2-1-4-11(12)18-13/h1-2,4-5H,3,6-10H2,(H,17,21)(H,19,23). The molecule has 1 saturated heterocycles. The Morgan fingerprint density at radius 3 is 2.96 bits per heavy atom. The van der Waals surface area contributed by atoms with Crippen LogP contribution in [0.2, 0.25) is 0 Å². The third kappa shape index (κ3) is 3.56. The summed E-state index contributed by atoms with van der Waals surface area (Å²) in [5.74, 6) is -0.270. The van der Waals surface area contributed by atoms with E-state index in [2.05, 4.69) is 15.3 Å². The molecule has 1 aromatic heterocycles. The smallest absolute Gasteiger partial charge is 0.270 e. The third-order valence-corrected chi connectivity index (χ3v) is 3.86. The molecule has 0 unspecified atom stereocenters. The number of hydrogen-bond acceptors (Lipinski definition) is 4. The minimum absolute atomic E-state index is 0.0837. The van der Waals surface area contributed by atoms with Crippen LogP contribution >= 0.6 is 0 Å². The van der Waals surface area contributed by atoms with Crippen LogP contribution in [0.5, 0.6) is 0 Å². The number of para-hydroxylation sites is 2. The van der Waals surface area contributed by atoms with Gasteiger partial charge in [-0.15, -0.1) is 0 Å². The van der Waals surface area contributed by atoms with Crippen LogP contribution in [0.4, 0.5) is 0 Å². The van der Waals surface area contributed by atoms with Crippen molar-refractivity contribution in [2.24, 2.45) is 0 Å². The van der Waals surface area contributed by atoms with Gasteiger partial charge in [-0.1, -0.05) is 12.1 Å². The molecule has 0 aliphatic carbocycles. The summed E-state index contributed by atoms with van der Waals surface area (Å²) in [7, 11) is 0. The summed E-state index contributed by atoms with van der Waals surface area (Å²) in [5, 5.41) is 2.73. The average molecular weight is 314 g/mol. The zero-order chi connectivity index (χ0) is 16.2. The van der Waals surface area contributed by atoms with Gasteiger partial charge in [-0.2, -0.15) is 0 Å². The molecule has 3 rings (SSSR count). The first-order valence-corrected chi connectivity index (χ1v) is 7.66. The maximum atomic E-state index is 12.3. The van der Waals surface area contributed by atoms with E-state index in [1.807, 2.05) is 18.2 Å². The summed E-state index contributed by atoms with van der Waals surface area (Å²) < 4.78 is 0. The normalized spacial score (nSPS) is 15.3. The maximum absolute atomic E-state index is 12.3. The Hall–Kier alpha value is -2.70. The van der Waals surface area contributed by atoms with Crippen LogP contribution in [-0.2, 0) is 16.0 Å². The third-order valence-electron chi connectivity index (χ3n) is 3.86. The molecule has 0 saturated carbocycles. The van der Waals surface area contributed by atoms with Crippen LogP contribution in [-0.4, -0.2) is 46.3 Å². The predicted molar refractivity (Wildman–Crippen MR) is 84.9 cm³/mol. The summed E-state index contributed by atoms with van der Waals surface area (Å²) in [4.78, 5) is 44.4. The van der Waals surface area contributed by atoms with Crippen molar-refractivity contribution in [3.63, 3.8) is 0 Å². The Morgan fingerprint density at radius 2 is 2.09 bits per heavy atom. The molecule has 2 heterocycles. The van der Waals surface area contributed by atoms with Gasteiger partial charge in [0.15, 0.2) is 0 Å². The Bertz CT molecular complexity index is 799. The van der Waals surface area contributed by atoms with E-state index in [4.69, 9.17) is 0 Å². The van der Waals surface area contributed by atoms with Crippen LogP contribution in [0, 0.1) is 0 Å². The van der Waals surface area contributed by atoms with Crippen LogP contribution in [0.3, 0.4) is 0 Å². The lowest BCUT2D eigenvalue weighted by Gasteiger charge is -2.18. The Kier molecular flexibility index (Phi) is 4.36. The largest absolute Gasteiger partial charge is 0.354 e. The second kappa shape index (κ2) is 6.60. The summed E-state index contributed by atoms with van der Waals surface area (Å²) in [6.45, 7) is 1.23. The number of H-pyrrole nitrogens is 1. The summed E-state index contributed by atoms with van der Waals surface area (Å²) in [6, 6.07) is 7.27. The number of benzene rings is 1. The monoisotopic (exact) mass is 314 g/mol. The molecule has 2 N–H and O–H groups in total. The van der Waals surface area contributed by atoms with Gasteiger partial charge in [0.05, 0.1) is 17.6 Å².